The minimum Gasteiger partial charge on any atom is -0.355 e. The Morgan fingerprint density at radius 2 is 1.92 bits per heavy atom. The maximum absolute atomic E-state index is 12.3. The van der Waals surface area contributed by atoms with Gasteiger partial charge in [-0.3, -0.25) is 4.99 Å². The van der Waals surface area contributed by atoms with Gasteiger partial charge in [-0.2, -0.15) is 11.8 Å². The van der Waals surface area contributed by atoms with Gasteiger partial charge >= 0.3 is 0 Å². The van der Waals surface area contributed by atoms with Gasteiger partial charge in [-0.1, -0.05) is 17.7 Å². The van der Waals surface area contributed by atoms with E-state index in [2.05, 4.69) is 33.8 Å². The summed E-state index contributed by atoms with van der Waals surface area (Å²) in [5, 5.41) is 3.25. The molecule has 1 aromatic rings. The van der Waals surface area contributed by atoms with Gasteiger partial charge in [0.15, 0.2) is 5.96 Å². The molecule has 1 fully saturated rings. The summed E-state index contributed by atoms with van der Waals surface area (Å²) in [5.41, 5.74) is 1.03. The normalized spacial score (nSPS) is 17.5. The zero-order valence-electron chi connectivity index (χ0n) is 15.8. The van der Waals surface area contributed by atoms with Crippen molar-refractivity contribution >= 4 is 51.7 Å². The Morgan fingerprint density at radius 3 is 2.50 bits per heavy atom. The SMILES string of the molecule is CN=C(NCCNS(=O)(=O)c1ccc(C)cc1)N1CCSC(C)(C)C1.I. The fourth-order valence-electron chi connectivity index (χ4n) is 2.69. The molecule has 0 bridgehead atoms. The number of hydrogen-bond donors (Lipinski definition) is 2. The molecule has 0 atom stereocenters. The summed E-state index contributed by atoms with van der Waals surface area (Å²) < 4.78 is 27.3. The molecule has 26 heavy (non-hydrogen) atoms. The number of sulfonamides is 1. The first-order valence-corrected chi connectivity index (χ1v) is 10.9. The van der Waals surface area contributed by atoms with Crippen LogP contribution in [0.2, 0.25) is 0 Å². The number of aryl methyl sites for hydroxylation is 1. The molecule has 2 rings (SSSR count). The van der Waals surface area contributed by atoms with Gasteiger partial charge in [0, 0.05) is 43.7 Å². The average Bonchev–Trinajstić information content (AvgIpc) is 2.54. The van der Waals surface area contributed by atoms with Gasteiger partial charge in [-0.25, -0.2) is 13.1 Å². The van der Waals surface area contributed by atoms with Crippen LogP contribution >= 0.6 is 35.7 Å². The van der Waals surface area contributed by atoms with Gasteiger partial charge in [-0.15, -0.1) is 24.0 Å². The first-order chi connectivity index (χ1) is 11.7. The van der Waals surface area contributed by atoms with Crippen LogP contribution in [-0.4, -0.2) is 63.0 Å². The van der Waals surface area contributed by atoms with Crippen LogP contribution < -0.4 is 10.0 Å². The predicted octanol–water partition coefficient (Wildman–Crippen LogP) is 2.29. The van der Waals surface area contributed by atoms with Crippen molar-refractivity contribution in [2.75, 3.05) is 39.0 Å². The van der Waals surface area contributed by atoms with E-state index in [9.17, 15) is 8.42 Å². The van der Waals surface area contributed by atoms with Gasteiger partial charge in [0.25, 0.3) is 0 Å². The molecule has 9 heteroatoms. The number of thioether (sulfide) groups is 1. The molecular formula is C17H29IN4O2S2. The van der Waals surface area contributed by atoms with Crippen molar-refractivity contribution in [1.29, 1.82) is 0 Å². The molecule has 0 radical (unpaired) electrons. The Hall–Kier alpha value is -0.520. The Bertz CT molecular complexity index is 706. The standard InChI is InChI=1S/C17H28N4O2S2.HI/c1-14-5-7-15(8-6-14)25(22,23)20-10-9-19-16(18-4)21-11-12-24-17(2,3)13-21;/h5-8,20H,9-13H2,1-4H3,(H,18,19);1H. The number of nitrogens with zero attached hydrogens (tertiary/aromatic N) is 2. The molecule has 1 heterocycles. The Kier molecular flexibility index (Phi) is 9.17. The van der Waals surface area contributed by atoms with Gasteiger partial charge in [-0.05, 0) is 32.9 Å². The van der Waals surface area contributed by atoms with Gasteiger partial charge in [0.05, 0.1) is 4.90 Å². The van der Waals surface area contributed by atoms with E-state index in [0.717, 1.165) is 30.4 Å². The molecule has 0 unspecified atom stereocenters. The van der Waals surface area contributed by atoms with Crippen molar-refractivity contribution in [2.24, 2.45) is 4.99 Å². The third kappa shape index (κ3) is 6.90. The molecule has 1 aromatic carbocycles. The zero-order chi connectivity index (χ0) is 18.5. The average molecular weight is 512 g/mol. The Morgan fingerprint density at radius 1 is 1.27 bits per heavy atom. The van der Waals surface area contributed by atoms with Crippen LogP contribution in [0.25, 0.3) is 0 Å². The fourth-order valence-corrected chi connectivity index (χ4v) is 4.83. The Balaban J connectivity index is 0.00000338. The molecule has 0 amide bonds. The summed E-state index contributed by atoms with van der Waals surface area (Å²) in [6, 6.07) is 6.84. The van der Waals surface area contributed by atoms with Crippen molar-refractivity contribution in [3.05, 3.63) is 29.8 Å². The highest BCUT2D eigenvalue weighted by atomic mass is 127. The van der Waals surface area contributed by atoms with Gasteiger partial charge in [0.1, 0.15) is 0 Å². The first kappa shape index (κ1) is 23.5. The van der Waals surface area contributed by atoms with E-state index in [1.54, 1.807) is 31.3 Å². The summed E-state index contributed by atoms with van der Waals surface area (Å²) in [5.74, 6) is 1.89. The van der Waals surface area contributed by atoms with E-state index in [1.165, 1.54) is 0 Å². The highest BCUT2D eigenvalue weighted by molar-refractivity contribution is 14.0. The topological polar surface area (TPSA) is 73.8 Å². The second-order valence-electron chi connectivity index (χ2n) is 6.71. The van der Waals surface area contributed by atoms with Crippen LogP contribution in [0.4, 0.5) is 0 Å². The van der Waals surface area contributed by atoms with Crippen LogP contribution in [0, 0.1) is 6.92 Å². The van der Waals surface area contributed by atoms with Gasteiger partial charge < -0.3 is 10.2 Å². The highest BCUT2D eigenvalue weighted by Gasteiger charge is 2.28. The molecule has 0 aliphatic carbocycles. The lowest BCUT2D eigenvalue weighted by Gasteiger charge is -2.39. The number of halogens is 1. The van der Waals surface area contributed by atoms with E-state index in [4.69, 9.17) is 0 Å². The molecular weight excluding hydrogens is 483 g/mol. The molecule has 6 nitrogen and oxygen atoms in total. The Labute approximate surface area is 178 Å². The minimum absolute atomic E-state index is 0. The third-order valence-electron chi connectivity index (χ3n) is 3.97. The monoisotopic (exact) mass is 512 g/mol. The summed E-state index contributed by atoms with van der Waals surface area (Å²) in [4.78, 5) is 6.84. The molecule has 1 saturated heterocycles. The second-order valence-corrected chi connectivity index (χ2v) is 10.3. The fraction of sp³-hybridized carbons (Fsp3) is 0.588. The molecule has 0 aromatic heterocycles. The summed E-state index contributed by atoms with van der Waals surface area (Å²) >= 11 is 1.97. The second kappa shape index (κ2) is 10.1. The van der Waals surface area contributed by atoms with Crippen molar-refractivity contribution in [3.63, 3.8) is 0 Å². The van der Waals surface area contributed by atoms with Crippen LogP contribution in [0.5, 0.6) is 0 Å². The number of nitrogens with one attached hydrogen (secondary N) is 2. The number of benzene rings is 1. The summed E-state index contributed by atoms with van der Waals surface area (Å²) in [7, 11) is -1.71. The van der Waals surface area contributed by atoms with Crippen molar-refractivity contribution < 1.29 is 8.42 Å². The van der Waals surface area contributed by atoms with Crippen molar-refractivity contribution in [2.45, 2.75) is 30.4 Å². The number of guanidine groups is 1. The maximum atomic E-state index is 12.3. The lowest BCUT2D eigenvalue weighted by molar-refractivity contribution is 0.376. The quantitative estimate of drug-likeness (QED) is 0.274. The summed E-state index contributed by atoms with van der Waals surface area (Å²) in [6.45, 7) is 9.05. The lowest BCUT2D eigenvalue weighted by atomic mass is 10.2. The predicted molar refractivity (Wildman–Crippen MR) is 121 cm³/mol. The van der Waals surface area contributed by atoms with Gasteiger partial charge in [0.2, 0.25) is 10.0 Å². The van der Waals surface area contributed by atoms with Crippen molar-refractivity contribution in [3.8, 4) is 0 Å². The van der Waals surface area contributed by atoms with Crippen LogP contribution in [-0.2, 0) is 10.0 Å². The van der Waals surface area contributed by atoms with E-state index in [-0.39, 0.29) is 33.6 Å². The van der Waals surface area contributed by atoms with E-state index in [0.29, 0.717) is 13.1 Å². The van der Waals surface area contributed by atoms with E-state index < -0.39 is 10.0 Å². The van der Waals surface area contributed by atoms with Crippen LogP contribution in [0.3, 0.4) is 0 Å². The molecule has 0 spiro atoms. The number of hydrogen-bond acceptors (Lipinski definition) is 4. The molecule has 148 valence electrons. The highest BCUT2D eigenvalue weighted by Crippen LogP contribution is 2.29. The largest absolute Gasteiger partial charge is 0.355 e. The third-order valence-corrected chi connectivity index (χ3v) is 6.74. The lowest BCUT2D eigenvalue weighted by Crippen LogP contribution is -2.51. The zero-order valence-corrected chi connectivity index (χ0v) is 19.7. The molecule has 0 saturated carbocycles. The molecule has 1 aliphatic heterocycles. The van der Waals surface area contributed by atoms with Crippen molar-refractivity contribution in [1.82, 2.24) is 14.9 Å². The number of aliphatic imine (C=N–C) groups is 1. The van der Waals surface area contributed by atoms with Crippen LogP contribution in [0.1, 0.15) is 19.4 Å². The first-order valence-electron chi connectivity index (χ1n) is 8.39. The minimum atomic E-state index is -3.47. The van der Waals surface area contributed by atoms with E-state index in [1.807, 2.05) is 18.7 Å². The summed E-state index contributed by atoms with van der Waals surface area (Å²) in [6.07, 6.45) is 0. The number of rotatable bonds is 5. The smallest absolute Gasteiger partial charge is 0.240 e. The maximum Gasteiger partial charge on any atom is 0.240 e. The van der Waals surface area contributed by atoms with E-state index >= 15 is 0 Å². The molecule has 2 N–H and O–H groups in total. The molecule has 1 aliphatic rings. The van der Waals surface area contributed by atoms with Crippen LogP contribution in [0.15, 0.2) is 34.2 Å².